The number of benzene rings is 1. The largest absolute Gasteiger partial charge is 0.484 e. The average molecular weight is 460 g/mol. The minimum Gasteiger partial charge on any atom is -0.484 e. The Kier molecular flexibility index (Phi) is 5.26. The SMILES string of the molecule is CC1(CO)Cc2cc(NC(=O)c3csc4cc(Cl)cnc34)c(N3CCOCC3)cc2O1. The molecule has 1 atom stereocenters. The van der Waals surface area contributed by atoms with Gasteiger partial charge in [0.1, 0.15) is 11.4 Å². The van der Waals surface area contributed by atoms with Gasteiger partial charge in [-0.1, -0.05) is 11.6 Å². The maximum atomic E-state index is 13.2. The van der Waals surface area contributed by atoms with Crippen LogP contribution in [-0.2, 0) is 11.2 Å². The topological polar surface area (TPSA) is 83.9 Å². The second-order valence-corrected chi connectivity index (χ2v) is 9.41. The quantitative estimate of drug-likeness (QED) is 0.618. The molecular weight excluding hydrogens is 438 g/mol. The summed E-state index contributed by atoms with van der Waals surface area (Å²) < 4.78 is 12.4. The minimum absolute atomic E-state index is 0.0780. The van der Waals surface area contributed by atoms with E-state index >= 15 is 0 Å². The van der Waals surface area contributed by atoms with Crippen LogP contribution < -0.4 is 15.0 Å². The number of aromatic nitrogens is 1. The Morgan fingerprint density at radius 3 is 2.94 bits per heavy atom. The van der Waals surface area contributed by atoms with Crippen LogP contribution in [0.2, 0.25) is 5.02 Å². The van der Waals surface area contributed by atoms with Gasteiger partial charge in [0.05, 0.1) is 52.0 Å². The van der Waals surface area contributed by atoms with Crippen molar-refractivity contribution in [2.75, 3.05) is 43.1 Å². The molecule has 0 bridgehead atoms. The number of aliphatic hydroxyl groups is 1. The normalized spacial score (nSPS) is 20.5. The van der Waals surface area contributed by atoms with E-state index in [4.69, 9.17) is 21.1 Å². The maximum Gasteiger partial charge on any atom is 0.258 e. The van der Waals surface area contributed by atoms with E-state index in [1.54, 1.807) is 11.6 Å². The van der Waals surface area contributed by atoms with Crippen molar-refractivity contribution in [3.63, 3.8) is 0 Å². The predicted molar refractivity (Wildman–Crippen MR) is 122 cm³/mol. The van der Waals surface area contributed by atoms with Gasteiger partial charge in [-0.15, -0.1) is 11.3 Å². The van der Waals surface area contributed by atoms with E-state index in [0.29, 0.717) is 41.4 Å². The number of morpholine rings is 1. The second kappa shape index (κ2) is 7.94. The molecule has 0 aliphatic carbocycles. The summed E-state index contributed by atoms with van der Waals surface area (Å²) >= 11 is 7.47. The van der Waals surface area contributed by atoms with Gasteiger partial charge in [0.2, 0.25) is 0 Å². The Bertz CT molecular complexity index is 1160. The molecule has 1 fully saturated rings. The van der Waals surface area contributed by atoms with E-state index in [1.807, 2.05) is 25.1 Å². The summed E-state index contributed by atoms with van der Waals surface area (Å²) in [6.45, 7) is 4.50. The lowest BCUT2D eigenvalue weighted by molar-refractivity contribution is 0.0446. The van der Waals surface area contributed by atoms with Crippen LogP contribution in [0.5, 0.6) is 5.75 Å². The average Bonchev–Trinajstić information content (AvgIpc) is 3.33. The monoisotopic (exact) mass is 459 g/mol. The number of fused-ring (bicyclic) bond motifs is 2. The molecule has 1 aromatic carbocycles. The van der Waals surface area contributed by atoms with Gasteiger partial charge in [-0.05, 0) is 19.1 Å². The van der Waals surface area contributed by atoms with Crippen LogP contribution in [0.1, 0.15) is 22.8 Å². The lowest BCUT2D eigenvalue weighted by Gasteiger charge is -2.31. The lowest BCUT2D eigenvalue weighted by Crippen LogP contribution is -2.36. The number of anilines is 2. The Balaban J connectivity index is 1.51. The number of thiophene rings is 1. The second-order valence-electron chi connectivity index (χ2n) is 8.07. The number of ether oxygens (including phenoxy) is 2. The van der Waals surface area contributed by atoms with Crippen LogP contribution in [-0.4, -0.2) is 54.5 Å². The number of halogens is 1. The summed E-state index contributed by atoms with van der Waals surface area (Å²) in [5.41, 5.74) is 3.06. The number of carbonyl (C=O) groups is 1. The summed E-state index contributed by atoms with van der Waals surface area (Å²) in [5.74, 6) is 0.521. The number of pyridine rings is 1. The fourth-order valence-electron chi connectivity index (χ4n) is 4.05. The van der Waals surface area contributed by atoms with Crippen molar-refractivity contribution >= 4 is 50.4 Å². The van der Waals surface area contributed by atoms with Crippen molar-refractivity contribution in [3.05, 3.63) is 45.9 Å². The fourth-order valence-corrected chi connectivity index (χ4v) is 5.20. The standard InChI is InChI=1S/C22H22ClN3O4S/c1-22(12-27)9-13-6-16(17(8-18(13)30-22)26-2-4-29-5-3-26)25-21(28)15-11-31-19-7-14(23)10-24-20(15)19/h6-8,10-11,27H,2-5,9,12H2,1H3,(H,25,28). The molecule has 3 aromatic rings. The third-order valence-corrected chi connectivity index (χ3v) is 6.78. The summed E-state index contributed by atoms with van der Waals surface area (Å²) in [4.78, 5) is 19.7. The highest BCUT2D eigenvalue weighted by Crippen LogP contribution is 2.42. The fraction of sp³-hybridized carbons (Fsp3) is 0.364. The molecule has 0 radical (unpaired) electrons. The van der Waals surface area contributed by atoms with Gasteiger partial charge >= 0.3 is 0 Å². The molecule has 31 heavy (non-hydrogen) atoms. The van der Waals surface area contributed by atoms with Crippen molar-refractivity contribution in [3.8, 4) is 5.75 Å². The molecule has 1 amide bonds. The van der Waals surface area contributed by atoms with E-state index in [0.717, 1.165) is 34.8 Å². The van der Waals surface area contributed by atoms with E-state index in [-0.39, 0.29) is 12.5 Å². The predicted octanol–water partition coefficient (Wildman–Crippen LogP) is 3.72. The molecule has 5 rings (SSSR count). The Hall–Kier alpha value is -2.39. The van der Waals surface area contributed by atoms with Crippen LogP contribution in [0, 0.1) is 0 Å². The van der Waals surface area contributed by atoms with Crippen molar-refractivity contribution in [1.82, 2.24) is 4.98 Å². The van der Waals surface area contributed by atoms with Gasteiger partial charge in [-0.25, -0.2) is 0 Å². The molecule has 4 heterocycles. The summed E-state index contributed by atoms with van der Waals surface area (Å²) in [5, 5.41) is 15.2. The maximum absolute atomic E-state index is 13.2. The Morgan fingerprint density at radius 2 is 2.16 bits per heavy atom. The highest BCUT2D eigenvalue weighted by Gasteiger charge is 2.35. The molecule has 9 heteroatoms. The first-order valence-electron chi connectivity index (χ1n) is 10.1. The van der Waals surface area contributed by atoms with Gasteiger partial charge in [0.15, 0.2) is 0 Å². The van der Waals surface area contributed by atoms with E-state index in [2.05, 4.69) is 15.2 Å². The van der Waals surface area contributed by atoms with Crippen molar-refractivity contribution < 1.29 is 19.4 Å². The highest BCUT2D eigenvalue weighted by atomic mass is 35.5. The molecule has 7 nitrogen and oxygen atoms in total. The minimum atomic E-state index is -0.653. The lowest BCUT2D eigenvalue weighted by atomic mass is 9.99. The molecule has 0 saturated carbocycles. The van der Waals surface area contributed by atoms with Gasteiger partial charge in [0, 0.05) is 42.7 Å². The van der Waals surface area contributed by atoms with E-state index in [9.17, 15) is 9.90 Å². The molecule has 1 unspecified atom stereocenters. The van der Waals surface area contributed by atoms with E-state index in [1.165, 1.54) is 11.3 Å². The first kappa shape index (κ1) is 20.5. The molecule has 2 aliphatic heterocycles. The van der Waals surface area contributed by atoms with Crippen molar-refractivity contribution in [2.24, 2.45) is 0 Å². The Labute approximate surface area is 188 Å². The third-order valence-electron chi connectivity index (χ3n) is 5.66. The zero-order chi connectivity index (χ0) is 21.6. The molecule has 1 saturated heterocycles. The van der Waals surface area contributed by atoms with Crippen molar-refractivity contribution in [2.45, 2.75) is 18.9 Å². The molecule has 162 valence electrons. The van der Waals surface area contributed by atoms with Crippen LogP contribution in [0.15, 0.2) is 29.8 Å². The smallest absolute Gasteiger partial charge is 0.258 e. The number of aliphatic hydroxyl groups excluding tert-OH is 1. The van der Waals surface area contributed by atoms with Gasteiger partial charge in [-0.2, -0.15) is 0 Å². The molecule has 0 spiro atoms. The first-order valence-corrected chi connectivity index (χ1v) is 11.4. The number of hydrogen-bond donors (Lipinski definition) is 2. The Morgan fingerprint density at radius 1 is 1.35 bits per heavy atom. The zero-order valence-electron chi connectivity index (χ0n) is 17.0. The summed E-state index contributed by atoms with van der Waals surface area (Å²) in [6, 6.07) is 5.73. The molecule has 2 aromatic heterocycles. The van der Waals surface area contributed by atoms with Gasteiger partial charge < -0.3 is 24.8 Å². The van der Waals surface area contributed by atoms with Crippen LogP contribution in [0.25, 0.3) is 10.2 Å². The summed E-state index contributed by atoms with van der Waals surface area (Å²) in [7, 11) is 0. The van der Waals surface area contributed by atoms with Crippen LogP contribution in [0.3, 0.4) is 0 Å². The highest BCUT2D eigenvalue weighted by molar-refractivity contribution is 7.17. The van der Waals surface area contributed by atoms with Crippen molar-refractivity contribution in [1.29, 1.82) is 0 Å². The number of amides is 1. The van der Waals surface area contributed by atoms with Crippen LogP contribution >= 0.6 is 22.9 Å². The number of hydrogen-bond acceptors (Lipinski definition) is 7. The summed E-state index contributed by atoms with van der Waals surface area (Å²) in [6.07, 6.45) is 2.13. The van der Waals surface area contributed by atoms with E-state index < -0.39 is 5.60 Å². The molecular formula is C22H22ClN3O4S. The van der Waals surface area contributed by atoms with Crippen LogP contribution in [0.4, 0.5) is 11.4 Å². The number of nitrogens with one attached hydrogen (secondary N) is 1. The number of carbonyl (C=O) groups excluding carboxylic acids is 1. The third kappa shape index (κ3) is 3.85. The number of rotatable bonds is 4. The van der Waals surface area contributed by atoms with Gasteiger partial charge in [0.25, 0.3) is 5.91 Å². The zero-order valence-corrected chi connectivity index (χ0v) is 18.6. The first-order chi connectivity index (χ1) is 15.0. The number of nitrogens with zero attached hydrogens (tertiary/aromatic N) is 2. The van der Waals surface area contributed by atoms with Gasteiger partial charge in [-0.3, -0.25) is 9.78 Å². The molecule has 2 N–H and O–H groups in total. The molecule has 2 aliphatic rings.